The van der Waals surface area contributed by atoms with Crippen molar-refractivity contribution in [3.05, 3.63) is 59.1 Å². The SMILES string of the molecule is C[C@H](Sc1nnc(-c2ccccc2Br)o1)C(=O)Nc1ccccc1. The molecule has 2 aromatic carbocycles. The Kier molecular flexibility index (Phi) is 5.32. The second-order valence-corrected chi connectivity index (χ2v) is 7.11. The van der Waals surface area contributed by atoms with E-state index in [2.05, 4.69) is 31.4 Å². The molecule has 0 aliphatic carbocycles. The number of anilines is 1. The highest BCUT2D eigenvalue weighted by atomic mass is 79.9. The van der Waals surface area contributed by atoms with Crippen LogP contribution in [0.4, 0.5) is 5.69 Å². The molecule has 5 nitrogen and oxygen atoms in total. The lowest BCUT2D eigenvalue weighted by atomic mass is 10.2. The number of carbonyl (C=O) groups excluding carboxylic acids is 1. The van der Waals surface area contributed by atoms with E-state index in [1.54, 1.807) is 6.92 Å². The van der Waals surface area contributed by atoms with Crippen molar-refractivity contribution in [1.29, 1.82) is 0 Å². The van der Waals surface area contributed by atoms with Crippen molar-refractivity contribution in [2.45, 2.75) is 17.4 Å². The molecule has 1 N–H and O–H groups in total. The number of amides is 1. The standard InChI is InChI=1S/C17H14BrN3O2S/c1-11(15(22)19-12-7-3-2-4-8-12)24-17-21-20-16(23-17)13-9-5-6-10-14(13)18/h2-11H,1H3,(H,19,22)/t11-/m0/s1. The molecular formula is C17H14BrN3O2S. The van der Waals surface area contributed by atoms with Gasteiger partial charge in [0.1, 0.15) is 0 Å². The third kappa shape index (κ3) is 4.04. The number of aromatic nitrogens is 2. The van der Waals surface area contributed by atoms with Gasteiger partial charge in [-0.15, -0.1) is 10.2 Å². The Balaban J connectivity index is 1.66. The summed E-state index contributed by atoms with van der Waals surface area (Å²) >= 11 is 4.68. The van der Waals surface area contributed by atoms with Crippen molar-refractivity contribution in [3.8, 4) is 11.5 Å². The molecule has 122 valence electrons. The summed E-state index contributed by atoms with van der Waals surface area (Å²) in [5.41, 5.74) is 1.58. The highest BCUT2D eigenvalue weighted by Gasteiger charge is 2.19. The topological polar surface area (TPSA) is 68.0 Å². The first-order chi connectivity index (χ1) is 11.6. The second-order valence-electron chi connectivity index (χ2n) is 4.97. The predicted octanol–water partition coefficient (Wildman–Crippen LogP) is 4.62. The van der Waals surface area contributed by atoms with Gasteiger partial charge in [0.2, 0.25) is 11.8 Å². The zero-order valence-electron chi connectivity index (χ0n) is 12.8. The van der Waals surface area contributed by atoms with E-state index in [9.17, 15) is 4.79 Å². The molecule has 0 aliphatic heterocycles. The van der Waals surface area contributed by atoms with Gasteiger partial charge in [0.25, 0.3) is 5.22 Å². The minimum Gasteiger partial charge on any atom is -0.411 e. The Morgan fingerprint density at radius 1 is 1.12 bits per heavy atom. The fourth-order valence-electron chi connectivity index (χ4n) is 1.97. The van der Waals surface area contributed by atoms with Crippen molar-refractivity contribution in [3.63, 3.8) is 0 Å². The van der Waals surface area contributed by atoms with Crippen molar-refractivity contribution < 1.29 is 9.21 Å². The van der Waals surface area contributed by atoms with E-state index in [-0.39, 0.29) is 11.2 Å². The van der Waals surface area contributed by atoms with Crippen LogP contribution >= 0.6 is 27.7 Å². The lowest BCUT2D eigenvalue weighted by Crippen LogP contribution is -2.22. The molecule has 0 saturated heterocycles. The van der Waals surface area contributed by atoms with Crippen molar-refractivity contribution in [1.82, 2.24) is 10.2 Å². The fraction of sp³-hybridized carbons (Fsp3) is 0.118. The van der Waals surface area contributed by atoms with Crippen LogP contribution in [0.25, 0.3) is 11.5 Å². The molecule has 3 aromatic rings. The van der Waals surface area contributed by atoms with Crippen molar-refractivity contribution >= 4 is 39.3 Å². The number of halogens is 1. The van der Waals surface area contributed by atoms with Gasteiger partial charge >= 0.3 is 0 Å². The maximum Gasteiger partial charge on any atom is 0.277 e. The molecule has 0 radical (unpaired) electrons. The molecule has 0 fully saturated rings. The minimum absolute atomic E-state index is 0.119. The van der Waals surface area contributed by atoms with Gasteiger partial charge in [-0.1, -0.05) is 42.1 Å². The van der Waals surface area contributed by atoms with Crippen LogP contribution in [0.2, 0.25) is 0 Å². The first-order valence-electron chi connectivity index (χ1n) is 7.24. The largest absolute Gasteiger partial charge is 0.411 e. The third-order valence-electron chi connectivity index (χ3n) is 3.20. The third-order valence-corrected chi connectivity index (χ3v) is 4.82. The zero-order valence-corrected chi connectivity index (χ0v) is 15.2. The summed E-state index contributed by atoms with van der Waals surface area (Å²) in [5, 5.41) is 10.9. The quantitative estimate of drug-likeness (QED) is 0.629. The van der Waals surface area contributed by atoms with Crippen LogP contribution in [0.5, 0.6) is 0 Å². The molecule has 24 heavy (non-hydrogen) atoms. The number of hydrogen-bond acceptors (Lipinski definition) is 5. The maximum atomic E-state index is 12.2. The number of nitrogens with zero attached hydrogens (tertiary/aromatic N) is 2. The first-order valence-corrected chi connectivity index (χ1v) is 8.92. The first kappa shape index (κ1) is 16.7. The van der Waals surface area contributed by atoms with Crippen LogP contribution in [-0.4, -0.2) is 21.4 Å². The highest BCUT2D eigenvalue weighted by molar-refractivity contribution is 9.10. The van der Waals surface area contributed by atoms with Gasteiger partial charge in [-0.25, -0.2) is 0 Å². The molecule has 0 spiro atoms. The van der Waals surface area contributed by atoms with Gasteiger partial charge < -0.3 is 9.73 Å². The van der Waals surface area contributed by atoms with Crippen molar-refractivity contribution in [2.24, 2.45) is 0 Å². The number of thioether (sulfide) groups is 1. The summed E-state index contributed by atoms with van der Waals surface area (Å²) < 4.78 is 6.53. The molecule has 0 bridgehead atoms. The van der Waals surface area contributed by atoms with E-state index < -0.39 is 0 Å². The van der Waals surface area contributed by atoms with Gasteiger partial charge in [-0.05, 0) is 47.1 Å². The van der Waals surface area contributed by atoms with E-state index >= 15 is 0 Å². The van der Waals surface area contributed by atoms with Crippen LogP contribution in [0.3, 0.4) is 0 Å². The van der Waals surface area contributed by atoms with Crippen LogP contribution in [0, 0.1) is 0 Å². The number of hydrogen-bond donors (Lipinski definition) is 1. The number of benzene rings is 2. The van der Waals surface area contributed by atoms with Gasteiger partial charge in [-0.2, -0.15) is 0 Å². The molecule has 1 amide bonds. The zero-order chi connectivity index (χ0) is 16.9. The average Bonchev–Trinajstić information content (AvgIpc) is 3.04. The smallest absolute Gasteiger partial charge is 0.277 e. The summed E-state index contributed by atoms with van der Waals surface area (Å²) in [7, 11) is 0. The Labute approximate surface area is 152 Å². The Bertz CT molecular complexity index is 839. The summed E-state index contributed by atoms with van der Waals surface area (Å²) in [6.07, 6.45) is 0. The van der Waals surface area contributed by atoms with Crippen LogP contribution < -0.4 is 5.32 Å². The van der Waals surface area contributed by atoms with Gasteiger partial charge in [-0.3, -0.25) is 4.79 Å². The van der Waals surface area contributed by atoms with E-state index in [0.717, 1.165) is 15.7 Å². The van der Waals surface area contributed by atoms with E-state index in [4.69, 9.17) is 4.42 Å². The Morgan fingerprint density at radius 3 is 2.58 bits per heavy atom. The number of para-hydroxylation sites is 1. The second kappa shape index (κ2) is 7.63. The van der Waals surface area contributed by atoms with Crippen molar-refractivity contribution in [2.75, 3.05) is 5.32 Å². The molecule has 1 atom stereocenters. The number of rotatable bonds is 5. The predicted molar refractivity (Wildman–Crippen MR) is 97.8 cm³/mol. The molecule has 0 unspecified atom stereocenters. The lowest BCUT2D eigenvalue weighted by Gasteiger charge is -2.09. The maximum absolute atomic E-state index is 12.2. The average molecular weight is 404 g/mol. The van der Waals surface area contributed by atoms with Gasteiger partial charge in [0.15, 0.2) is 0 Å². The monoisotopic (exact) mass is 403 g/mol. The van der Waals surface area contributed by atoms with E-state index in [1.165, 1.54) is 11.8 Å². The normalized spacial score (nSPS) is 11.9. The number of nitrogens with one attached hydrogen (secondary N) is 1. The highest BCUT2D eigenvalue weighted by Crippen LogP contribution is 2.30. The van der Waals surface area contributed by atoms with Crippen LogP contribution in [0.15, 0.2) is 68.7 Å². The fourth-order valence-corrected chi connectivity index (χ4v) is 3.11. The van der Waals surface area contributed by atoms with Crippen LogP contribution in [0.1, 0.15) is 6.92 Å². The Hall–Kier alpha value is -2.12. The molecule has 1 heterocycles. The van der Waals surface area contributed by atoms with E-state index in [0.29, 0.717) is 11.1 Å². The lowest BCUT2D eigenvalue weighted by molar-refractivity contribution is -0.115. The summed E-state index contributed by atoms with van der Waals surface area (Å²) in [5.74, 6) is 0.299. The molecule has 7 heteroatoms. The molecule has 0 saturated carbocycles. The Morgan fingerprint density at radius 2 is 1.83 bits per heavy atom. The summed E-state index contributed by atoms with van der Waals surface area (Å²) in [4.78, 5) is 12.2. The van der Waals surface area contributed by atoms with Crippen LogP contribution in [-0.2, 0) is 4.79 Å². The summed E-state index contributed by atoms with van der Waals surface area (Å²) in [6, 6.07) is 16.9. The van der Waals surface area contributed by atoms with Gasteiger partial charge in [0, 0.05) is 10.2 Å². The minimum atomic E-state index is -0.363. The molecule has 3 rings (SSSR count). The number of carbonyl (C=O) groups is 1. The summed E-state index contributed by atoms with van der Waals surface area (Å²) in [6.45, 7) is 1.80. The van der Waals surface area contributed by atoms with Gasteiger partial charge in [0.05, 0.1) is 10.8 Å². The molecule has 1 aromatic heterocycles. The van der Waals surface area contributed by atoms with E-state index in [1.807, 2.05) is 54.6 Å². The molecular weight excluding hydrogens is 390 g/mol. The molecule has 0 aliphatic rings.